The van der Waals surface area contributed by atoms with E-state index in [1.54, 1.807) is 18.5 Å². The van der Waals surface area contributed by atoms with Crippen LogP contribution in [-0.4, -0.2) is 28.6 Å². The van der Waals surface area contributed by atoms with Gasteiger partial charge in [-0.15, -0.1) is 0 Å². The van der Waals surface area contributed by atoms with Crippen molar-refractivity contribution in [2.24, 2.45) is 5.41 Å². The Morgan fingerprint density at radius 2 is 2.40 bits per heavy atom. The summed E-state index contributed by atoms with van der Waals surface area (Å²) >= 11 is 0. The zero-order valence-corrected chi connectivity index (χ0v) is 11.9. The molecule has 106 valence electrons. The van der Waals surface area contributed by atoms with Gasteiger partial charge in [0.2, 0.25) is 0 Å². The molecule has 0 aromatic carbocycles. The maximum absolute atomic E-state index is 12.3. The normalized spacial score (nSPS) is 20.1. The van der Waals surface area contributed by atoms with E-state index in [1.807, 2.05) is 0 Å². The summed E-state index contributed by atoms with van der Waals surface area (Å²) in [4.78, 5) is 16.3. The van der Waals surface area contributed by atoms with Gasteiger partial charge in [0.05, 0.1) is 11.1 Å². The molecular weight excluding hydrogens is 252 g/mol. The van der Waals surface area contributed by atoms with Gasteiger partial charge in [-0.1, -0.05) is 25.7 Å². The standard InChI is InChI=1S/C16H20N2O2/c1-16(2)7-5-13(10-16)18-15(20)14-6-8-17-11-12(14)4-3-9-19/h6,8,11,13,19H,5,7,9-10H2,1-2H3,(H,18,20). The molecule has 4 heteroatoms. The predicted molar refractivity (Wildman–Crippen MR) is 77.1 cm³/mol. The van der Waals surface area contributed by atoms with Crippen molar-refractivity contribution in [2.75, 3.05) is 6.61 Å². The first-order chi connectivity index (χ1) is 9.52. The summed E-state index contributed by atoms with van der Waals surface area (Å²) in [5, 5.41) is 11.8. The average Bonchev–Trinajstić information content (AvgIpc) is 2.76. The van der Waals surface area contributed by atoms with E-state index in [-0.39, 0.29) is 18.6 Å². The first kappa shape index (κ1) is 14.5. The van der Waals surface area contributed by atoms with Crippen LogP contribution in [0.3, 0.4) is 0 Å². The number of hydrogen-bond acceptors (Lipinski definition) is 3. The quantitative estimate of drug-likeness (QED) is 0.806. The molecule has 1 saturated carbocycles. The summed E-state index contributed by atoms with van der Waals surface area (Å²) in [5.74, 6) is 5.20. The van der Waals surface area contributed by atoms with E-state index < -0.39 is 0 Å². The Labute approximate surface area is 119 Å². The van der Waals surface area contributed by atoms with Crippen LogP contribution in [0, 0.1) is 17.3 Å². The number of nitrogens with zero attached hydrogens (tertiary/aromatic N) is 1. The number of carbonyl (C=O) groups is 1. The van der Waals surface area contributed by atoms with E-state index in [9.17, 15) is 4.79 Å². The third-order valence-corrected chi connectivity index (χ3v) is 3.67. The molecule has 20 heavy (non-hydrogen) atoms. The van der Waals surface area contributed by atoms with E-state index in [1.165, 1.54) is 0 Å². The van der Waals surface area contributed by atoms with Gasteiger partial charge in [0.1, 0.15) is 6.61 Å². The minimum absolute atomic E-state index is 0.114. The number of pyridine rings is 1. The van der Waals surface area contributed by atoms with Gasteiger partial charge >= 0.3 is 0 Å². The van der Waals surface area contributed by atoms with Gasteiger partial charge in [0.25, 0.3) is 5.91 Å². The second-order valence-corrected chi connectivity index (χ2v) is 5.96. The topological polar surface area (TPSA) is 62.2 Å². The monoisotopic (exact) mass is 272 g/mol. The number of amides is 1. The molecule has 1 aromatic heterocycles. The Bertz CT molecular complexity index is 555. The van der Waals surface area contributed by atoms with E-state index in [2.05, 4.69) is 36.0 Å². The molecule has 0 aliphatic heterocycles. The molecule has 1 aliphatic carbocycles. The van der Waals surface area contributed by atoms with Crippen LogP contribution < -0.4 is 5.32 Å². The third-order valence-electron chi connectivity index (χ3n) is 3.67. The third kappa shape index (κ3) is 3.58. The molecule has 2 rings (SSSR count). The number of nitrogens with one attached hydrogen (secondary N) is 1. The largest absolute Gasteiger partial charge is 0.384 e. The predicted octanol–water partition coefficient (Wildman–Crippen LogP) is 1.73. The highest BCUT2D eigenvalue weighted by atomic mass is 16.2. The van der Waals surface area contributed by atoms with Crippen molar-refractivity contribution in [1.29, 1.82) is 0 Å². The highest BCUT2D eigenvalue weighted by molar-refractivity contribution is 5.96. The second kappa shape index (κ2) is 6.06. The molecule has 0 bridgehead atoms. The fourth-order valence-electron chi connectivity index (χ4n) is 2.65. The lowest BCUT2D eigenvalue weighted by Crippen LogP contribution is -2.34. The van der Waals surface area contributed by atoms with Crippen LogP contribution in [0.5, 0.6) is 0 Å². The van der Waals surface area contributed by atoms with Gasteiger partial charge < -0.3 is 10.4 Å². The number of aromatic nitrogens is 1. The zero-order valence-electron chi connectivity index (χ0n) is 11.9. The Morgan fingerprint density at radius 3 is 3.05 bits per heavy atom. The van der Waals surface area contributed by atoms with Crippen LogP contribution in [0.25, 0.3) is 0 Å². The van der Waals surface area contributed by atoms with E-state index >= 15 is 0 Å². The number of aliphatic hydroxyl groups excluding tert-OH is 1. The summed E-state index contributed by atoms with van der Waals surface area (Å²) in [5.41, 5.74) is 1.37. The molecule has 1 aromatic rings. The lowest BCUT2D eigenvalue weighted by molar-refractivity contribution is 0.0935. The average molecular weight is 272 g/mol. The van der Waals surface area contributed by atoms with Crippen LogP contribution in [-0.2, 0) is 0 Å². The Kier molecular flexibility index (Phi) is 4.41. The van der Waals surface area contributed by atoms with Crippen LogP contribution in [0.4, 0.5) is 0 Å². The summed E-state index contributed by atoms with van der Waals surface area (Å²) < 4.78 is 0. The van der Waals surface area contributed by atoms with Crippen LogP contribution in [0.15, 0.2) is 18.5 Å². The fraction of sp³-hybridized carbons (Fsp3) is 0.500. The molecular formula is C16H20N2O2. The molecule has 2 N–H and O–H groups in total. The summed E-state index contributed by atoms with van der Waals surface area (Å²) in [6.07, 6.45) is 6.28. The van der Waals surface area contributed by atoms with Crippen molar-refractivity contribution >= 4 is 5.91 Å². The molecule has 4 nitrogen and oxygen atoms in total. The van der Waals surface area contributed by atoms with Gasteiger partial charge in [-0.25, -0.2) is 0 Å². The molecule has 1 amide bonds. The molecule has 1 unspecified atom stereocenters. The highest BCUT2D eigenvalue weighted by Gasteiger charge is 2.31. The number of rotatable bonds is 2. The number of aliphatic hydroxyl groups is 1. The molecule has 0 radical (unpaired) electrons. The minimum atomic E-state index is -0.229. The van der Waals surface area contributed by atoms with Gasteiger partial charge in [0.15, 0.2) is 0 Å². The van der Waals surface area contributed by atoms with Gasteiger partial charge in [0, 0.05) is 18.4 Å². The Balaban J connectivity index is 2.10. The van der Waals surface area contributed by atoms with Gasteiger partial charge in [-0.05, 0) is 30.7 Å². The Morgan fingerprint density at radius 1 is 1.60 bits per heavy atom. The maximum Gasteiger partial charge on any atom is 0.252 e. The van der Waals surface area contributed by atoms with Crippen molar-refractivity contribution in [1.82, 2.24) is 10.3 Å². The van der Waals surface area contributed by atoms with Crippen molar-refractivity contribution < 1.29 is 9.90 Å². The highest BCUT2D eigenvalue weighted by Crippen LogP contribution is 2.36. The summed E-state index contributed by atoms with van der Waals surface area (Å²) in [7, 11) is 0. The first-order valence-electron chi connectivity index (χ1n) is 6.86. The lowest BCUT2D eigenvalue weighted by atomic mass is 9.92. The number of carbonyl (C=O) groups excluding carboxylic acids is 1. The molecule has 1 fully saturated rings. The fourth-order valence-corrected chi connectivity index (χ4v) is 2.65. The Hall–Kier alpha value is -1.86. The molecule has 1 atom stereocenters. The first-order valence-corrected chi connectivity index (χ1v) is 6.86. The van der Waals surface area contributed by atoms with Gasteiger partial charge in [-0.2, -0.15) is 0 Å². The molecule has 1 aliphatic rings. The van der Waals surface area contributed by atoms with E-state index in [0.717, 1.165) is 19.3 Å². The molecule has 0 saturated heterocycles. The van der Waals surface area contributed by atoms with Crippen LogP contribution in [0.2, 0.25) is 0 Å². The molecule has 0 spiro atoms. The zero-order chi connectivity index (χ0) is 14.6. The minimum Gasteiger partial charge on any atom is -0.384 e. The SMILES string of the molecule is CC1(C)CCC(NC(=O)c2ccncc2C#CCO)C1. The van der Waals surface area contributed by atoms with Crippen LogP contribution >= 0.6 is 0 Å². The van der Waals surface area contributed by atoms with Crippen molar-refractivity contribution in [3.63, 3.8) is 0 Å². The van der Waals surface area contributed by atoms with Crippen molar-refractivity contribution in [3.8, 4) is 11.8 Å². The second-order valence-electron chi connectivity index (χ2n) is 5.96. The molecule has 1 heterocycles. The summed E-state index contributed by atoms with van der Waals surface area (Å²) in [6.45, 7) is 4.22. The van der Waals surface area contributed by atoms with E-state index in [4.69, 9.17) is 5.11 Å². The number of hydrogen-bond donors (Lipinski definition) is 2. The van der Waals surface area contributed by atoms with Crippen LogP contribution in [0.1, 0.15) is 49.0 Å². The lowest BCUT2D eigenvalue weighted by Gasteiger charge is -2.18. The maximum atomic E-state index is 12.3. The smallest absolute Gasteiger partial charge is 0.252 e. The van der Waals surface area contributed by atoms with E-state index in [0.29, 0.717) is 16.5 Å². The van der Waals surface area contributed by atoms with Gasteiger partial charge in [-0.3, -0.25) is 9.78 Å². The van der Waals surface area contributed by atoms with Crippen molar-refractivity contribution in [2.45, 2.75) is 39.2 Å². The van der Waals surface area contributed by atoms with Crippen molar-refractivity contribution in [3.05, 3.63) is 29.6 Å². The summed E-state index contributed by atoms with van der Waals surface area (Å²) in [6, 6.07) is 1.89.